The molecule has 0 spiro atoms. The number of nitrogens with one attached hydrogen (secondary N) is 1. The van der Waals surface area contributed by atoms with Crippen LogP contribution in [0.1, 0.15) is 19.3 Å². The predicted molar refractivity (Wildman–Crippen MR) is 39.5 cm³/mol. The van der Waals surface area contributed by atoms with Gasteiger partial charge in [0.05, 0.1) is 0 Å². The van der Waals surface area contributed by atoms with Gasteiger partial charge in [-0.05, 0) is 12.8 Å². The molecule has 11 heavy (non-hydrogen) atoms. The van der Waals surface area contributed by atoms with Crippen LogP contribution in [0.25, 0.3) is 0 Å². The van der Waals surface area contributed by atoms with Crippen LogP contribution in [0.3, 0.4) is 0 Å². The Morgan fingerprint density at radius 3 is 2.91 bits per heavy atom. The first kappa shape index (κ1) is 8.04. The number of carbonyl (C=O) groups excluding carboxylic acids is 2. The van der Waals surface area contributed by atoms with Crippen LogP contribution in [0.15, 0.2) is 0 Å². The summed E-state index contributed by atoms with van der Waals surface area (Å²) in [7, 11) is 0. The summed E-state index contributed by atoms with van der Waals surface area (Å²) in [4.78, 5) is 21.3. The van der Waals surface area contributed by atoms with Gasteiger partial charge in [0.25, 0.3) is 0 Å². The van der Waals surface area contributed by atoms with Gasteiger partial charge in [-0.15, -0.1) is 0 Å². The van der Waals surface area contributed by atoms with E-state index >= 15 is 0 Å². The summed E-state index contributed by atoms with van der Waals surface area (Å²) in [5.74, 6) is -0.251. The lowest BCUT2D eigenvalue weighted by Crippen LogP contribution is -2.20. The largest absolute Gasteiger partial charge is 0.370 e. The van der Waals surface area contributed by atoms with Crippen molar-refractivity contribution >= 4 is 11.8 Å². The highest BCUT2D eigenvalue weighted by molar-refractivity contribution is 5.81. The molecule has 3 N–H and O–H groups in total. The molecule has 1 heterocycles. The minimum atomic E-state index is -0.329. The first-order valence-corrected chi connectivity index (χ1v) is 3.76. The van der Waals surface area contributed by atoms with Crippen LogP contribution >= 0.6 is 0 Å². The molecule has 4 nitrogen and oxygen atoms in total. The van der Waals surface area contributed by atoms with E-state index in [2.05, 4.69) is 5.32 Å². The van der Waals surface area contributed by atoms with Gasteiger partial charge in [0.15, 0.2) is 0 Å². The summed E-state index contributed by atoms with van der Waals surface area (Å²) in [6.07, 6.45) is 1.76. The van der Waals surface area contributed by atoms with Gasteiger partial charge in [-0.2, -0.15) is 0 Å². The number of amides is 2. The van der Waals surface area contributed by atoms with Crippen molar-refractivity contribution in [1.29, 1.82) is 0 Å². The number of carbonyl (C=O) groups is 2. The lowest BCUT2D eigenvalue weighted by molar-refractivity contribution is -0.123. The highest BCUT2D eigenvalue weighted by Crippen LogP contribution is 2.14. The molecule has 0 aromatic rings. The zero-order chi connectivity index (χ0) is 8.27. The molecule has 0 radical (unpaired) electrons. The molecule has 1 atom stereocenters. The van der Waals surface area contributed by atoms with E-state index in [1.54, 1.807) is 0 Å². The number of rotatable bonds is 3. The van der Waals surface area contributed by atoms with E-state index < -0.39 is 0 Å². The van der Waals surface area contributed by atoms with Crippen LogP contribution in [0.4, 0.5) is 0 Å². The average Bonchev–Trinajstić information content (AvgIpc) is 2.31. The molecule has 1 saturated heterocycles. The van der Waals surface area contributed by atoms with Crippen molar-refractivity contribution in [1.82, 2.24) is 5.32 Å². The fraction of sp³-hybridized carbons (Fsp3) is 0.714. The third kappa shape index (κ3) is 2.22. The van der Waals surface area contributed by atoms with Crippen LogP contribution in [-0.2, 0) is 9.59 Å². The van der Waals surface area contributed by atoms with Crippen LogP contribution in [0, 0.1) is 5.92 Å². The Morgan fingerprint density at radius 1 is 1.73 bits per heavy atom. The monoisotopic (exact) mass is 156 g/mol. The third-order valence-electron chi connectivity index (χ3n) is 1.90. The summed E-state index contributed by atoms with van der Waals surface area (Å²) >= 11 is 0. The van der Waals surface area contributed by atoms with Crippen LogP contribution < -0.4 is 11.1 Å². The van der Waals surface area contributed by atoms with Crippen molar-refractivity contribution in [2.45, 2.75) is 19.3 Å². The van der Waals surface area contributed by atoms with E-state index in [9.17, 15) is 9.59 Å². The second-order valence-corrected chi connectivity index (χ2v) is 2.78. The minimum Gasteiger partial charge on any atom is -0.370 e. The van der Waals surface area contributed by atoms with Gasteiger partial charge < -0.3 is 11.1 Å². The lowest BCUT2D eigenvalue weighted by atomic mass is 10.0. The summed E-state index contributed by atoms with van der Waals surface area (Å²) in [6, 6.07) is 0. The number of hydrogen-bond donors (Lipinski definition) is 2. The summed E-state index contributed by atoms with van der Waals surface area (Å²) in [5, 5.41) is 2.70. The second-order valence-electron chi connectivity index (χ2n) is 2.78. The molecule has 2 amide bonds. The fourth-order valence-electron chi connectivity index (χ4n) is 1.24. The smallest absolute Gasteiger partial charge is 0.223 e. The summed E-state index contributed by atoms with van der Waals surface area (Å²) in [5.41, 5.74) is 4.95. The van der Waals surface area contributed by atoms with Gasteiger partial charge in [-0.1, -0.05) is 0 Å². The molecule has 0 unspecified atom stereocenters. The minimum absolute atomic E-state index is 0.0162. The Bertz CT molecular complexity index is 179. The summed E-state index contributed by atoms with van der Waals surface area (Å²) in [6.45, 7) is 0.738. The Morgan fingerprint density at radius 2 is 2.45 bits per heavy atom. The van der Waals surface area contributed by atoms with E-state index in [1.807, 2.05) is 0 Å². The number of nitrogens with two attached hydrogens (primary N) is 1. The van der Waals surface area contributed by atoms with Crippen molar-refractivity contribution in [3.05, 3.63) is 0 Å². The first-order valence-electron chi connectivity index (χ1n) is 3.76. The van der Waals surface area contributed by atoms with E-state index in [4.69, 9.17) is 5.73 Å². The van der Waals surface area contributed by atoms with Gasteiger partial charge in [0, 0.05) is 18.9 Å². The quantitative estimate of drug-likeness (QED) is 0.572. The van der Waals surface area contributed by atoms with Crippen molar-refractivity contribution in [2.24, 2.45) is 11.7 Å². The average molecular weight is 156 g/mol. The molecule has 0 aliphatic carbocycles. The van der Waals surface area contributed by atoms with Crippen molar-refractivity contribution < 1.29 is 9.59 Å². The molecule has 62 valence electrons. The molecule has 1 fully saturated rings. The van der Waals surface area contributed by atoms with Gasteiger partial charge in [-0.3, -0.25) is 9.59 Å². The molecule has 1 aliphatic heterocycles. The zero-order valence-corrected chi connectivity index (χ0v) is 6.30. The first-order chi connectivity index (χ1) is 5.20. The zero-order valence-electron chi connectivity index (χ0n) is 6.30. The van der Waals surface area contributed by atoms with Crippen molar-refractivity contribution in [3.8, 4) is 0 Å². The van der Waals surface area contributed by atoms with Crippen molar-refractivity contribution in [2.75, 3.05) is 6.54 Å². The van der Waals surface area contributed by atoms with E-state index in [0.29, 0.717) is 12.8 Å². The van der Waals surface area contributed by atoms with E-state index in [-0.39, 0.29) is 17.7 Å². The van der Waals surface area contributed by atoms with Crippen LogP contribution in [0.5, 0.6) is 0 Å². The Balaban J connectivity index is 2.26. The number of hydrogen-bond acceptors (Lipinski definition) is 2. The van der Waals surface area contributed by atoms with Crippen LogP contribution in [-0.4, -0.2) is 18.4 Å². The van der Waals surface area contributed by atoms with Gasteiger partial charge in [0.1, 0.15) is 0 Å². The third-order valence-corrected chi connectivity index (χ3v) is 1.90. The molecule has 0 aromatic heterocycles. The molecule has 0 saturated carbocycles. The molecule has 1 rings (SSSR count). The predicted octanol–water partition coefficient (Wildman–Crippen LogP) is -0.612. The maximum Gasteiger partial charge on any atom is 0.223 e. The maximum absolute atomic E-state index is 10.9. The maximum atomic E-state index is 10.9. The normalized spacial score (nSPS) is 23.3. The van der Waals surface area contributed by atoms with Gasteiger partial charge in [-0.25, -0.2) is 0 Å². The van der Waals surface area contributed by atoms with Gasteiger partial charge in [0.2, 0.25) is 11.8 Å². The highest BCUT2D eigenvalue weighted by Gasteiger charge is 2.23. The van der Waals surface area contributed by atoms with Crippen LogP contribution in [0.2, 0.25) is 0 Å². The molecule has 1 aliphatic rings. The molecular formula is C7H12N2O2. The fourth-order valence-corrected chi connectivity index (χ4v) is 1.24. The lowest BCUT2D eigenvalue weighted by Gasteiger charge is -2.02. The highest BCUT2D eigenvalue weighted by atomic mass is 16.2. The van der Waals surface area contributed by atoms with Crippen molar-refractivity contribution in [3.63, 3.8) is 0 Å². The van der Waals surface area contributed by atoms with E-state index in [1.165, 1.54) is 0 Å². The van der Waals surface area contributed by atoms with E-state index in [0.717, 1.165) is 13.0 Å². The molecule has 4 heteroatoms. The number of primary amides is 1. The Hall–Kier alpha value is -1.06. The molecular weight excluding hydrogens is 144 g/mol. The summed E-state index contributed by atoms with van der Waals surface area (Å²) < 4.78 is 0. The molecule has 0 aromatic carbocycles. The Kier molecular flexibility index (Phi) is 2.46. The Labute approximate surface area is 65.1 Å². The SMILES string of the molecule is NC(=O)CC[C@H]1CCNC1=O. The topological polar surface area (TPSA) is 72.2 Å². The molecule has 0 bridgehead atoms. The second kappa shape index (κ2) is 3.37. The van der Waals surface area contributed by atoms with Gasteiger partial charge >= 0.3 is 0 Å². The standard InChI is InChI=1S/C7H12N2O2/c8-6(10)2-1-5-3-4-9-7(5)11/h5H,1-4H2,(H2,8,10)(H,9,11)/t5-/m0/s1.